The fourth-order valence-electron chi connectivity index (χ4n) is 2.38. The molecular formula is C10H16N2O. The Balaban J connectivity index is 2.00. The highest BCUT2D eigenvalue weighted by atomic mass is 16.5. The van der Waals surface area contributed by atoms with Gasteiger partial charge in [-0.1, -0.05) is 19.3 Å². The van der Waals surface area contributed by atoms with Crippen molar-refractivity contribution in [3.8, 4) is 6.07 Å². The molecule has 72 valence electrons. The van der Waals surface area contributed by atoms with E-state index >= 15 is 0 Å². The normalized spacial score (nSPS) is 32.7. The molecule has 1 heterocycles. The van der Waals surface area contributed by atoms with Crippen molar-refractivity contribution < 1.29 is 4.74 Å². The zero-order chi connectivity index (χ0) is 9.15. The van der Waals surface area contributed by atoms with Gasteiger partial charge in [-0.2, -0.15) is 5.26 Å². The fourth-order valence-corrected chi connectivity index (χ4v) is 2.38. The van der Waals surface area contributed by atoms with E-state index in [-0.39, 0.29) is 11.7 Å². The van der Waals surface area contributed by atoms with Crippen molar-refractivity contribution in [1.29, 1.82) is 5.26 Å². The minimum Gasteiger partial charge on any atom is -0.354 e. The number of hydrogen-bond acceptors (Lipinski definition) is 3. The highest BCUT2D eigenvalue weighted by Gasteiger charge is 2.38. The molecule has 2 rings (SSSR count). The van der Waals surface area contributed by atoms with E-state index in [0.717, 1.165) is 19.4 Å². The van der Waals surface area contributed by atoms with Crippen molar-refractivity contribution in [2.45, 2.75) is 43.8 Å². The van der Waals surface area contributed by atoms with Crippen LogP contribution in [0.25, 0.3) is 0 Å². The van der Waals surface area contributed by atoms with E-state index < -0.39 is 0 Å². The highest BCUT2D eigenvalue weighted by molar-refractivity contribution is 4.97. The molecule has 0 aromatic rings. The predicted molar refractivity (Wildman–Crippen MR) is 49.2 cm³/mol. The van der Waals surface area contributed by atoms with Gasteiger partial charge in [0, 0.05) is 13.1 Å². The van der Waals surface area contributed by atoms with Crippen LogP contribution in [0.5, 0.6) is 0 Å². The van der Waals surface area contributed by atoms with Crippen LogP contribution in [0.1, 0.15) is 32.1 Å². The third kappa shape index (κ3) is 1.84. The molecule has 1 saturated carbocycles. The van der Waals surface area contributed by atoms with Crippen LogP contribution in [0.2, 0.25) is 0 Å². The van der Waals surface area contributed by atoms with E-state index in [9.17, 15) is 0 Å². The van der Waals surface area contributed by atoms with Crippen LogP contribution in [0.3, 0.4) is 0 Å². The first-order valence-electron chi connectivity index (χ1n) is 5.13. The number of nitrogens with zero attached hydrogens (tertiary/aromatic N) is 1. The topological polar surface area (TPSA) is 45.0 Å². The van der Waals surface area contributed by atoms with E-state index in [1.807, 2.05) is 0 Å². The molecule has 1 N–H and O–H groups in total. The lowest BCUT2D eigenvalue weighted by molar-refractivity contribution is -0.113. The van der Waals surface area contributed by atoms with Crippen LogP contribution in [-0.4, -0.2) is 24.8 Å². The Kier molecular flexibility index (Phi) is 2.52. The molecule has 0 aromatic carbocycles. The van der Waals surface area contributed by atoms with E-state index in [1.165, 1.54) is 19.3 Å². The van der Waals surface area contributed by atoms with Crippen LogP contribution in [0, 0.1) is 11.3 Å². The first-order valence-corrected chi connectivity index (χ1v) is 5.13. The van der Waals surface area contributed by atoms with Crippen molar-refractivity contribution in [2.75, 3.05) is 13.1 Å². The van der Waals surface area contributed by atoms with Gasteiger partial charge in [0.2, 0.25) is 0 Å². The Bertz CT molecular complexity index is 210. The molecule has 1 aliphatic heterocycles. The second-order valence-corrected chi connectivity index (χ2v) is 4.11. The maximum absolute atomic E-state index is 8.79. The second kappa shape index (κ2) is 3.65. The van der Waals surface area contributed by atoms with Crippen LogP contribution >= 0.6 is 0 Å². The number of ether oxygens (including phenoxy) is 1. The Hall–Kier alpha value is -0.590. The van der Waals surface area contributed by atoms with Gasteiger partial charge in [0.15, 0.2) is 6.10 Å². The van der Waals surface area contributed by atoms with Crippen molar-refractivity contribution >= 4 is 0 Å². The van der Waals surface area contributed by atoms with E-state index in [1.54, 1.807) is 0 Å². The molecule has 2 fully saturated rings. The van der Waals surface area contributed by atoms with Gasteiger partial charge in [-0.15, -0.1) is 0 Å². The summed E-state index contributed by atoms with van der Waals surface area (Å²) >= 11 is 0. The molecule has 1 unspecified atom stereocenters. The highest BCUT2D eigenvalue weighted by Crippen LogP contribution is 2.33. The van der Waals surface area contributed by atoms with Crippen molar-refractivity contribution in [3.05, 3.63) is 0 Å². The van der Waals surface area contributed by atoms with Gasteiger partial charge in [-0.05, 0) is 12.8 Å². The third-order valence-corrected chi connectivity index (χ3v) is 3.08. The quantitative estimate of drug-likeness (QED) is 0.609. The van der Waals surface area contributed by atoms with Gasteiger partial charge in [-0.25, -0.2) is 0 Å². The van der Waals surface area contributed by atoms with Crippen molar-refractivity contribution in [2.24, 2.45) is 0 Å². The molecular weight excluding hydrogens is 164 g/mol. The maximum Gasteiger partial charge on any atom is 0.157 e. The zero-order valence-corrected chi connectivity index (χ0v) is 7.88. The molecule has 0 amide bonds. The van der Waals surface area contributed by atoms with Gasteiger partial charge >= 0.3 is 0 Å². The number of hydrogen-bond donors (Lipinski definition) is 1. The van der Waals surface area contributed by atoms with Crippen LogP contribution in [-0.2, 0) is 4.74 Å². The predicted octanol–water partition coefficient (Wildman–Crippen LogP) is 1.20. The second-order valence-electron chi connectivity index (χ2n) is 4.11. The molecule has 1 aliphatic carbocycles. The monoisotopic (exact) mass is 180 g/mol. The zero-order valence-electron chi connectivity index (χ0n) is 7.88. The summed E-state index contributed by atoms with van der Waals surface area (Å²) in [7, 11) is 0. The Morgan fingerprint density at radius 1 is 1.31 bits per heavy atom. The summed E-state index contributed by atoms with van der Waals surface area (Å²) in [6.45, 7) is 1.63. The first-order chi connectivity index (χ1) is 6.35. The molecule has 2 aliphatic rings. The first kappa shape index (κ1) is 8.98. The lowest BCUT2D eigenvalue weighted by Crippen LogP contribution is -2.54. The minimum atomic E-state index is -0.230. The van der Waals surface area contributed by atoms with Crippen LogP contribution in [0.4, 0.5) is 0 Å². The molecule has 1 atom stereocenters. The molecule has 0 aromatic heterocycles. The Labute approximate surface area is 79.1 Å². The molecule has 0 radical (unpaired) electrons. The molecule has 3 heteroatoms. The third-order valence-electron chi connectivity index (χ3n) is 3.08. The molecule has 3 nitrogen and oxygen atoms in total. The van der Waals surface area contributed by atoms with Gasteiger partial charge < -0.3 is 10.1 Å². The average Bonchev–Trinajstić information content (AvgIpc) is 2.19. The standard InChI is InChI=1S/C10H16N2O/c11-6-9-7-12-8-10(13-9)4-2-1-3-5-10/h9,12H,1-5,7-8H2. The number of rotatable bonds is 0. The molecule has 1 spiro atoms. The summed E-state index contributed by atoms with van der Waals surface area (Å²) in [6, 6.07) is 2.19. The largest absolute Gasteiger partial charge is 0.354 e. The maximum atomic E-state index is 8.79. The number of nitriles is 1. The molecule has 0 bridgehead atoms. The van der Waals surface area contributed by atoms with Gasteiger partial charge in [-0.3, -0.25) is 0 Å². The van der Waals surface area contributed by atoms with Crippen LogP contribution < -0.4 is 5.32 Å². The van der Waals surface area contributed by atoms with Crippen molar-refractivity contribution in [1.82, 2.24) is 5.32 Å². The average molecular weight is 180 g/mol. The smallest absolute Gasteiger partial charge is 0.157 e. The summed E-state index contributed by atoms with van der Waals surface area (Å²) in [5, 5.41) is 12.1. The Morgan fingerprint density at radius 2 is 2.08 bits per heavy atom. The van der Waals surface area contributed by atoms with Crippen LogP contribution in [0.15, 0.2) is 0 Å². The van der Waals surface area contributed by atoms with Gasteiger partial charge in [0.25, 0.3) is 0 Å². The van der Waals surface area contributed by atoms with E-state index in [0.29, 0.717) is 6.54 Å². The fraction of sp³-hybridized carbons (Fsp3) is 0.900. The summed E-state index contributed by atoms with van der Waals surface area (Å²) < 4.78 is 5.84. The van der Waals surface area contributed by atoms with E-state index in [4.69, 9.17) is 10.00 Å². The summed E-state index contributed by atoms with van der Waals surface area (Å²) in [6.07, 6.45) is 5.84. The van der Waals surface area contributed by atoms with E-state index in [2.05, 4.69) is 11.4 Å². The van der Waals surface area contributed by atoms with Gasteiger partial charge in [0.1, 0.15) is 0 Å². The summed E-state index contributed by atoms with van der Waals surface area (Å²) in [5.41, 5.74) is -0.00308. The lowest BCUT2D eigenvalue weighted by atomic mass is 9.83. The summed E-state index contributed by atoms with van der Waals surface area (Å²) in [4.78, 5) is 0. The molecule has 13 heavy (non-hydrogen) atoms. The van der Waals surface area contributed by atoms with Crippen molar-refractivity contribution in [3.63, 3.8) is 0 Å². The van der Waals surface area contributed by atoms with Gasteiger partial charge in [0.05, 0.1) is 11.7 Å². The number of nitrogens with one attached hydrogen (secondary N) is 1. The SMILES string of the molecule is N#CC1CNCC2(CCCCC2)O1. The summed E-state index contributed by atoms with van der Waals surface area (Å²) in [5.74, 6) is 0. The number of morpholine rings is 1. The molecule has 1 saturated heterocycles. The minimum absolute atomic E-state index is 0.00308. The Morgan fingerprint density at radius 3 is 2.77 bits per heavy atom. The lowest BCUT2D eigenvalue weighted by Gasteiger charge is -2.42.